The molecule has 0 radical (unpaired) electrons. The molecule has 3 amide bonds. The van der Waals surface area contributed by atoms with Gasteiger partial charge in [0.1, 0.15) is 18.1 Å². The van der Waals surface area contributed by atoms with Gasteiger partial charge in [-0.1, -0.05) is 20.3 Å². The molecule has 1 heterocycles. The molecule has 38 heavy (non-hydrogen) atoms. The molecule has 0 bridgehead atoms. The molecule has 15 heteroatoms. The lowest BCUT2D eigenvalue weighted by Crippen LogP contribution is -2.58. The molecule has 11 N–H and O–H groups in total. The molecule has 0 fully saturated rings. The Morgan fingerprint density at radius 2 is 1.68 bits per heavy atom. The summed E-state index contributed by atoms with van der Waals surface area (Å²) < 4.78 is 0. The Labute approximate surface area is 226 Å². The van der Waals surface area contributed by atoms with Crippen molar-refractivity contribution in [1.82, 2.24) is 25.9 Å². The Balaban J connectivity index is 3.04. The van der Waals surface area contributed by atoms with Gasteiger partial charge >= 0.3 is 5.97 Å². The van der Waals surface area contributed by atoms with Crippen molar-refractivity contribution in [3.63, 3.8) is 0 Å². The molecule has 14 nitrogen and oxygen atoms in total. The van der Waals surface area contributed by atoms with E-state index in [1.165, 1.54) is 24.3 Å². The van der Waals surface area contributed by atoms with Crippen LogP contribution in [0, 0.1) is 5.92 Å². The van der Waals surface area contributed by atoms with Crippen LogP contribution in [-0.4, -0.2) is 87.4 Å². The van der Waals surface area contributed by atoms with Crippen molar-refractivity contribution in [3.8, 4) is 0 Å². The number of nitrogens with two attached hydrogens (primary N) is 3. The zero-order chi connectivity index (χ0) is 28.7. The predicted octanol–water partition coefficient (Wildman–Crippen LogP) is -1.33. The highest BCUT2D eigenvalue weighted by atomic mass is 32.2. The number of carboxylic acids is 1. The van der Waals surface area contributed by atoms with E-state index >= 15 is 0 Å². The highest BCUT2D eigenvalue weighted by Gasteiger charge is 2.31. The number of thioether (sulfide) groups is 1. The van der Waals surface area contributed by atoms with Gasteiger partial charge in [-0.05, 0) is 37.2 Å². The molecular weight excluding hydrogens is 514 g/mol. The molecule has 0 aliphatic rings. The number of rotatable bonds is 18. The maximum Gasteiger partial charge on any atom is 0.326 e. The van der Waals surface area contributed by atoms with Crippen LogP contribution in [0.4, 0.5) is 0 Å². The summed E-state index contributed by atoms with van der Waals surface area (Å²) in [6.07, 6.45) is 6.15. The molecule has 0 saturated carbocycles. The molecule has 1 rings (SSSR count). The standard InChI is InChI=1S/C23H41N9O5S/c1-4-13(2)18(24)21(35)31-16(7-9-38-3)20(34)30-15(6-5-8-28-23(25)26)19(33)32-17(22(36)37)10-14-11-27-12-29-14/h11-13,15-18H,4-10,24H2,1-3H3,(H,27,29)(H,30,34)(H,31,35)(H,32,33)(H,36,37)(H4,25,26,28). The van der Waals surface area contributed by atoms with E-state index in [4.69, 9.17) is 17.2 Å². The SMILES string of the molecule is CCC(C)C(N)C(=O)NC(CCSC)C(=O)NC(CCCN=C(N)N)C(=O)NC(Cc1cnc[nH]1)C(=O)O. The number of hydrogen-bond donors (Lipinski definition) is 8. The average molecular weight is 556 g/mol. The van der Waals surface area contributed by atoms with Crippen LogP contribution in [0.5, 0.6) is 0 Å². The van der Waals surface area contributed by atoms with E-state index in [1.807, 2.05) is 20.1 Å². The Bertz CT molecular complexity index is 924. The fraction of sp³-hybridized carbons (Fsp3) is 0.652. The van der Waals surface area contributed by atoms with E-state index in [0.717, 1.165) is 0 Å². The number of amides is 3. The van der Waals surface area contributed by atoms with Crippen LogP contribution < -0.4 is 33.2 Å². The second-order valence-electron chi connectivity index (χ2n) is 8.94. The number of H-pyrrole nitrogens is 1. The number of aliphatic imine (C=N–C) groups is 1. The number of aromatic nitrogens is 2. The largest absolute Gasteiger partial charge is 0.480 e. The van der Waals surface area contributed by atoms with Gasteiger partial charge in [-0.3, -0.25) is 19.4 Å². The average Bonchev–Trinajstić information content (AvgIpc) is 3.39. The normalized spacial score (nSPS) is 14.8. The lowest BCUT2D eigenvalue weighted by molar-refractivity contribution is -0.142. The molecule has 214 valence electrons. The number of imidazole rings is 1. The summed E-state index contributed by atoms with van der Waals surface area (Å²) >= 11 is 1.50. The lowest BCUT2D eigenvalue weighted by Gasteiger charge is -2.26. The van der Waals surface area contributed by atoms with Gasteiger partial charge in [0.05, 0.1) is 12.4 Å². The number of carboxylic acid groups (broad SMARTS) is 1. The van der Waals surface area contributed by atoms with E-state index in [-0.39, 0.29) is 31.3 Å². The van der Waals surface area contributed by atoms with Crippen LogP contribution >= 0.6 is 11.8 Å². The minimum atomic E-state index is -1.26. The van der Waals surface area contributed by atoms with Crippen LogP contribution in [-0.2, 0) is 25.6 Å². The molecule has 5 atom stereocenters. The highest BCUT2D eigenvalue weighted by Crippen LogP contribution is 2.09. The molecule has 0 aromatic carbocycles. The maximum absolute atomic E-state index is 13.2. The molecule has 0 saturated heterocycles. The Hall–Kier alpha value is -3.33. The van der Waals surface area contributed by atoms with Crippen LogP contribution in [0.25, 0.3) is 0 Å². The molecular formula is C23H41N9O5S. The van der Waals surface area contributed by atoms with Crippen molar-refractivity contribution in [2.24, 2.45) is 28.1 Å². The number of guanidine groups is 1. The second-order valence-corrected chi connectivity index (χ2v) is 9.93. The zero-order valence-electron chi connectivity index (χ0n) is 22.1. The van der Waals surface area contributed by atoms with Crippen molar-refractivity contribution in [1.29, 1.82) is 0 Å². The number of nitrogens with zero attached hydrogens (tertiary/aromatic N) is 2. The Morgan fingerprint density at radius 1 is 1.08 bits per heavy atom. The summed E-state index contributed by atoms with van der Waals surface area (Å²) in [7, 11) is 0. The van der Waals surface area contributed by atoms with E-state index in [2.05, 4.69) is 30.9 Å². The van der Waals surface area contributed by atoms with Crippen molar-refractivity contribution in [2.45, 2.75) is 70.1 Å². The van der Waals surface area contributed by atoms with E-state index in [1.54, 1.807) is 0 Å². The van der Waals surface area contributed by atoms with E-state index in [0.29, 0.717) is 30.7 Å². The van der Waals surface area contributed by atoms with Crippen molar-refractivity contribution >= 4 is 41.4 Å². The van der Waals surface area contributed by atoms with Crippen molar-refractivity contribution in [3.05, 3.63) is 18.2 Å². The molecule has 5 unspecified atom stereocenters. The van der Waals surface area contributed by atoms with Crippen LogP contribution in [0.1, 0.15) is 45.2 Å². The van der Waals surface area contributed by atoms with Gasteiger partial charge in [0.15, 0.2) is 5.96 Å². The van der Waals surface area contributed by atoms with Crippen molar-refractivity contribution < 1.29 is 24.3 Å². The third kappa shape index (κ3) is 11.8. The zero-order valence-corrected chi connectivity index (χ0v) is 22.9. The van der Waals surface area contributed by atoms with Gasteiger partial charge in [0.2, 0.25) is 17.7 Å². The fourth-order valence-electron chi connectivity index (χ4n) is 3.42. The number of carbonyl (C=O) groups excluding carboxylic acids is 3. The number of nitrogens with one attached hydrogen (secondary N) is 4. The first kappa shape index (κ1) is 32.7. The number of aromatic amines is 1. The van der Waals surface area contributed by atoms with Gasteiger partial charge in [-0.25, -0.2) is 9.78 Å². The third-order valence-electron chi connectivity index (χ3n) is 5.98. The maximum atomic E-state index is 13.2. The van der Waals surface area contributed by atoms with Gasteiger partial charge in [0, 0.05) is 24.9 Å². The highest BCUT2D eigenvalue weighted by molar-refractivity contribution is 7.98. The summed E-state index contributed by atoms with van der Waals surface area (Å²) in [5.74, 6) is -2.60. The molecule has 0 aliphatic carbocycles. The second kappa shape index (κ2) is 17.2. The van der Waals surface area contributed by atoms with Gasteiger partial charge in [0.25, 0.3) is 0 Å². The van der Waals surface area contributed by atoms with E-state index in [9.17, 15) is 24.3 Å². The van der Waals surface area contributed by atoms with Crippen LogP contribution in [0.15, 0.2) is 17.5 Å². The topological polar surface area (TPSA) is 244 Å². The first-order valence-electron chi connectivity index (χ1n) is 12.4. The first-order chi connectivity index (χ1) is 18.0. The Morgan fingerprint density at radius 3 is 2.21 bits per heavy atom. The quantitative estimate of drug-likeness (QED) is 0.0602. The fourth-order valence-corrected chi connectivity index (χ4v) is 3.89. The van der Waals surface area contributed by atoms with Crippen LogP contribution in [0.2, 0.25) is 0 Å². The Kier molecular flexibility index (Phi) is 14.8. The summed E-state index contributed by atoms with van der Waals surface area (Å²) in [6, 6.07) is -4.08. The predicted molar refractivity (Wildman–Crippen MR) is 146 cm³/mol. The molecule has 1 aromatic rings. The lowest BCUT2D eigenvalue weighted by atomic mass is 9.99. The minimum Gasteiger partial charge on any atom is -0.480 e. The minimum absolute atomic E-state index is 0.0321. The monoisotopic (exact) mass is 555 g/mol. The van der Waals surface area contributed by atoms with E-state index < -0.39 is 47.9 Å². The molecule has 0 spiro atoms. The summed E-state index contributed by atoms with van der Waals surface area (Å²) in [6.45, 7) is 3.97. The van der Waals surface area contributed by atoms with Gasteiger partial charge < -0.3 is 43.2 Å². The summed E-state index contributed by atoms with van der Waals surface area (Å²) in [5.41, 5.74) is 17.3. The van der Waals surface area contributed by atoms with Gasteiger partial charge in [-0.2, -0.15) is 11.8 Å². The first-order valence-corrected chi connectivity index (χ1v) is 13.8. The smallest absolute Gasteiger partial charge is 0.326 e. The van der Waals surface area contributed by atoms with Crippen molar-refractivity contribution in [2.75, 3.05) is 18.6 Å². The third-order valence-corrected chi connectivity index (χ3v) is 6.62. The number of hydrogen-bond acceptors (Lipinski definition) is 8. The number of aliphatic carboxylic acids is 1. The number of carbonyl (C=O) groups is 4. The van der Waals surface area contributed by atoms with Crippen LogP contribution in [0.3, 0.4) is 0 Å². The van der Waals surface area contributed by atoms with Gasteiger partial charge in [-0.15, -0.1) is 0 Å². The molecule has 1 aromatic heterocycles. The molecule has 0 aliphatic heterocycles. The summed E-state index contributed by atoms with van der Waals surface area (Å²) in [5, 5.41) is 17.5. The summed E-state index contributed by atoms with van der Waals surface area (Å²) in [4.78, 5) is 61.4.